The lowest BCUT2D eigenvalue weighted by molar-refractivity contribution is -0.0235. The molecule has 0 spiro atoms. The molecule has 0 fully saturated rings. The molecule has 164 valence electrons. The van der Waals surface area contributed by atoms with Crippen molar-refractivity contribution in [1.82, 2.24) is 0 Å². The van der Waals surface area contributed by atoms with Gasteiger partial charge in [-0.15, -0.1) is 0 Å². The zero-order valence-electron chi connectivity index (χ0n) is 19.3. The van der Waals surface area contributed by atoms with E-state index in [1.807, 2.05) is 0 Å². The summed E-state index contributed by atoms with van der Waals surface area (Å²) < 4.78 is 6.19. The number of hydrogen-bond acceptors (Lipinski definition) is 2. The van der Waals surface area contributed by atoms with Gasteiger partial charge in [0, 0.05) is 0 Å². The van der Waals surface area contributed by atoms with Crippen molar-refractivity contribution in [1.29, 1.82) is 0 Å². The van der Waals surface area contributed by atoms with Crippen LogP contribution < -0.4 is 5.73 Å². The van der Waals surface area contributed by atoms with Gasteiger partial charge in [-0.1, -0.05) is 130 Å². The predicted octanol–water partition coefficient (Wildman–Crippen LogP) is 8.52. The average Bonchev–Trinajstić information content (AvgIpc) is 2.66. The molecular formula is C25H53NO. The summed E-state index contributed by atoms with van der Waals surface area (Å²) in [6.45, 7) is 6.76. The van der Waals surface area contributed by atoms with E-state index in [9.17, 15) is 0 Å². The van der Waals surface area contributed by atoms with Crippen molar-refractivity contribution in [2.24, 2.45) is 5.73 Å². The zero-order chi connectivity index (χ0) is 20.0. The first-order valence-electron chi connectivity index (χ1n) is 12.7. The third-order valence-electron chi connectivity index (χ3n) is 5.70. The summed E-state index contributed by atoms with van der Waals surface area (Å²) in [5.41, 5.74) is 6.16. The molecule has 0 aromatic rings. The van der Waals surface area contributed by atoms with E-state index >= 15 is 0 Å². The lowest BCUT2D eigenvalue weighted by Gasteiger charge is -2.22. The van der Waals surface area contributed by atoms with Crippen LogP contribution >= 0.6 is 0 Å². The second kappa shape index (κ2) is 22.2. The topological polar surface area (TPSA) is 35.2 Å². The highest BCUT2D eigenvalue weighted by Gasteiger charge is 2.13. The fraction of sp³-hybridized carbons (Fsp3) is 1.00. The predicted molar refractivity (Wildman–Crippen MR) is 122 cm³/mol. The van der Waals surface area contributed by atoms with Crippen LogP contribution in [0.25, 0.3) is 0 Å². The fourth-order valence-corrected chi connectivity index (χ4v) is 3.89. The van der Waals surface area contributed by atoms with Gasteiger partial charge >= 0.3 is 0 Å². The molecule has 0 aromatic carbocycles. The molecule has 0 rings (SSSR count). The van der Waals surface area contributed by atoms with Crippen molar-refractivity contribution in [3.8, 4) is 0 Å². The van der Waals surface area contributed by atoms with Gasteiger partial charge in [0.2, 0.25) is 0 Å². The van der Waals surface area contributed by atoms with Gasteiger partial charge in [0.15, 0.2) is 0 Å². The molecular weight excluding hydrogens is 330 g/mol. The van der Waals surface area contributed by atoms with Crippen molar-refractivity contribution < 1.29 is 4.74 Å². The Labute approximate surface area is 172 Å². The monoisotopic (exact) mass is 383 g/mol. The summed E-state index contributed by atoms with van der Waals surface area (Å²) in [4.78, 5) is 0. The van der Waals surface area contributed by atoms with Crippen molar-refractivity contribution in [2.45, 2.75) is 162 Å². The third-order valence-corrected chi connectivity index (χ3v) is 5.70. The number of hydrogen-bond donors (Lipinski definition) is 1. The molecule has 1 atom stereocenters. The molecule has 0 aromatic heterocycles. The summed E-state index contributed by atoms with van der Waals surface area (Å²) in [7, 11) is 0. The minimum atomic E-state index is -0.0527. The highest BCUT2D eigenvalue weighted by molar-refractivity contribution is 4.63. The van der Waals surface area contributed by atoms with Gasteiger partial charge < -0.3 is 10.5 Å². The van der Waals surface area contributed by atoms with Crippen LogP contribution in [0, 0.1) is 0 Å². The molecule has 2 N–H and O–H groups in total. The van der Waals surface area contributed by atoms with Crippen molar-refractivity contribution in [2.75, 3.05) is 0 Å². The summed E-state index contributed by atoms with van der Waals surface area (Å²) >= 11 is 0. The molecule has 0 aliphatic rings. The standard InChI is InChI=1S/C25H53NO/c1-4-7-9-11-13-15-17-19-22-24(27-25(26)21-6-3)23-20-18-16-14-12-10-8-5-2/h24-25H,4-23,26H2,1-3H3. The smallest absolute Gasteiger partial charge is 0.105 e. The normalized spacial score (nSPS) is 12.8. The van der Waals surface area contributed by atoms with Crippen LogP contribution in [-0.4, -0.2) is 12.3 Å². The Balaban J connectivity index is 3.80. The summed E-state index contributed by atoms with van der Waals surface area (Å²) in [6, 6.07) is 0. The van der Waals surface area contributed by atoms with E-state index in [2.05, 4.69) is 20.8 Å². The molecule has 0 bridgehead atoms. The molecule has 27 heavy (non-hydrogen) atoms. The summed E-state index contributed by atoms with van der Waals surface area (Å²) in [6.07, 6.45) is 27.1. The summed E-state index contributed by atoms with van der Waals surface area (Å²) in [5, 5.41) is 0. The number of rotatable bonds is 22. The van der Waals surface area contributed by atoms with E-state index in [1.54, 1.807) is 0 Å². The largest absolute Gasteiger partial charge is 0.360 e. The van der Waals surface area contributed by atoms with E-state index in [0.29, 0.717) is 6.10 Å². The Morgan fingerprint density at radius 1 is 0.481 bits per heavy atom. The molecule has 0 saturated carbocycles. The lowest BCUT2D eigenvalue weighted by Crippen LogP contribution is -2.29. The number of nitrogens with two attached hydrogens (primary N) is 1. The Kier molecular flexibility index (Phi) is 22.1. The minimum Gasteiger partial charge on any atom is -0.360 e. The average molecular weight is 384 g/mol. The molecule has 0 amide bonds. The van der Waals surface area contributed by atoms with Gasteiger partial charge in [-0.25, -0.2) is 0 Å². The van der Waals surface area contributed by atoms with Crippen LogP contribution in [0.2, 0.25) is 0 Å². The van der Waals surface area contributed by atoms with Gasteiger partial charge in [0.05, 0.1) is 6.10 Å². The maximum absolute atomic E-state index is 6.19. The van der Waals surface area contributed by atoms with Crippen LogP contribution in [0.1, 0.15) is 149 Å². The van der Waals surface area contributed by atoms with E-state index in [-0.39, 0.29) is 6.23 Å². The van der Waals surface area contributed by atoms with E-state index in [0.717, 1.165) is 12.8 Å². The molecule has 1 unspecified atom stereocenters. The van der Waals surface area contributed by atoms with Gasteiger partial charge in [0.1, 0.15) is 6.23 Å². The first-order chi connectivity index (χ1) is 13.2. The molecule has 0 aliphatic carbocycles. The van der Waals surface area contributed by atoms with Gasteiger partial charge in [-0.3, -0.25) is 0 Å². The van der Waals surface area contributed by atoms with Crippen LogP contribution in [0.3, 0.4) is 0 Å². The van der Waals surface area contributed by atoms with Gasteiger partial charge in [-0.2, -0.15) is 0 Å². The molecule has 0 heterocycles. The van der Waals surface area contributed by atoms with Crippen LogP contribution in [-0.2, 0) is 4.74 Å². The summed E-state index contributed by atoms with van der Waals surface area (Å²) in [5.74, 6) is 0. The Bertz CT molecular complexity index is 249. The Morgan fingerprint density at radius 2 is 0.852 bits per heavy atom. The highest BCUT2D eigenvalue weighted by Crippen LogP contribution is 2.18. The molecule has 0 radical (unpaired) electrons. The third kappa shape index (κ3) is 20.5. The molecule has 2 nitrogen and oxygen atoms in total. The van der Waals surface area contributed by atoms with Gasteiger partial charge in [0.25, 0.3) is 0 Å². The lowest BCUT2D eigenvalue weighted by atomic mass is 10.0. The van der Waals surface area contributed by atoms with Crippen LogP contribution in [0.5, 0.6) is 0 Å². The highest BCUT2D eigenvalue weighted by atomic mass is 16.5. The second-order valence-corrected chi connectivity index (χ2v) is 8.61. The molecule has 2 heteroatoms. The molecule has 0 aliphatic heterocycles. The quantitative estimate of drug-likeness (QED) is 0.150. The molecule has 0 saturated heterocycles. The van der Waals surface area contributed by atoms with Crippen molar-refractivity contribution >= 4 is 0 Å². The maximum atomic E-state index is 6.19. The first-order valence-corrected chi connectivity index (χ1v) is 12.7. The second-order valence-electron chi connectivity index (χ2n) is 8.61. The van der Waals surface area contributed by atoms with Crippen molar-refractivity contribution in [3.05, 3.63) is 0 Å². The number of unbranched alkanes of at least 4 members (excludes halogenated alkanes) is 14. The fourth-order valence-electron chi connectivity index (χ4n) is 3.89. The SMILES string of the molecule is CCCCCCCCCCC(CCCCCCCCCC)OC(N)CCC. The Morgan fingerprint density at radius 3 is 1.22 bits per heavy atom. The first kappa shape index (κ1) is 26.9. The van der Waals surface area contributed by atoms with Crippen LogP contribution in [0.15, 0.2) is 0 Å². The van der Waals surface area contributed by atoms with Gasteiger partial charge in [-0.05, 0) is 19.3 Å². The van der Waals surface area contributed by atoms with E-state index in [4.69, 9.17) is 10.5 Å². The Hall–Kier alpha value is -0.0800. The maximum Gasteiger partial charge on any atom is 0.105 e. The van der Waals surface area contributed by atoms with Crippen molar-refractivity contribution in [3.63, 3.8) is 0 Å². The minimum absolute atomic E-state index is 0.0527. The van der Waals surface area contributed by atoms with E-state index < -0.39 is 0 Å². The number of ether oxygens (including phenoxy) is 1. The van der Waals surface area contributed by atoms with Crippen LogP contribution in [0.4, 0.5) is 0 Å². The van der Waals surface area contributed by atoms with E-state index in [1.165, 1.54) is 116 Å². The zero-order valence-corrected chi connectivity index (χ0v) is 19.3.